The third kappa shape index (κ3) is 3.88. The van der Waals surface area contributed by atoms with E-state index < -0.39 is 11.9 Å². The largest absolute Gasteiger partial charge is 0.497 e. The fourth-order valence-corrected chi connectivity index (χ4v) is 4.62. The first kappa shape index (κ1) is 20.9. The Morgan fingerprint density at radius 2 is 1.58 bits per heavy atom. The number of carbonyl (C=O) groups excluding carboxylic acids is 2. The van der Waals surface area contributed by atoms with Crippen LogP contribution in [0.15, 0.2) is 71.1 Å². The average Bonchev–Trinajstić information content (AvgIpc) is 2.78. The number of ether oxygens (including phenoxy) is 2. The first-order valence-corrected chi connectivity index (χ1v) is 10.5. The molecule has 0 spiro atoms. The molecule has 5 nitrogen and oxygen atoms in total. The highest BCUT2D eigenvalue weighted by Gasteiger charge is 2.41. The summed E-state index contributed by atoms with van der Waals surface area (Å²) in [6.45, 7) is 3.89. The number of ketones is 1. The Labute approximate surface area is 182 Å². The number of carbonyl (C=O) groups is 2. The van der Waals surface area contributed by atoms with Crippen LogP contribution in [0.4, 0.5) is 0 Å². The second-order valence-corrected chi connectivity index (χ2v) is 8.19. The molecular formula is C26H27NO4. The lowest BCUT2D eigenvalue weighted by molar-refractivity contribution is -0.136. The van der Waals surface area contributed by atoms with E-state index in [4.69, 9.17) is 9.47 Å². The van der Waals surface area contributed by atoms with Crippen molar-refractivity contribution < 1.29 is 19.1 Å². The summed E-state index contributed by atoms with van der Waals surface area (Å²) >= 11 is 0. The van der Waals surface area contributed by atoms with Gasteiger partial charge in [-0.15, -0.1) is 0 Å². The van der Waals surface area contributed by atoms with Gasteiger partial charge in [0.1, 0.15) is 5.75 Å². The van der Waals surface area contributed by atoms with E-state index in [-0.39, 0.29) is 11.7 Å². The van der Waals surface area contributed by atoms with E-state index in [0.717, 1.165) is 33.8 Å². The SMILES string of the molecule is COC(=O)C1=C(C)NC2=C(C(=O)CC(c3ccc(OC)cc3)C2)C1c1ccc(C)cc1. The first-order valence-electron chi connectivity index (χ1n) is 10.5. The lowest BCUT2D eigenvalue weighted by Gasteiger charge is -2.36. The van der Waals surface area contributed by atoms with Gasteiger partial charge in [-0.05, 0) is 49.4 Å². The highest BCUT2D eigenvalue weighted by molar-refractivity contribution is 6.04. The van der Waals surface area contributed by atoms with Crippen molar-refractivity contribution in [2.45, 2.75) is 38.5 Å². The van der Waals surface area contributed by atoms with E-state index in [0.29, 0.717) is 24.0 Å². The second-order valence-electron chi connectivity index (χ2n) is 8.19. The smallest absolute Gasteiger partial charge is 0.336 e. The average molecular weight is 418 g/mol. The molecule has 1 aliphatic carbocycles. The maximum Gasteiger partial charge on any atom is 0.336 e. The number of hydrogen-bond acceptors (Lipinski definition) is 5. The zero-order chi connectivity index (χ0) is 22.1. The van der Waals surface area contributed by atoms with Crippen LogP contribution in [0.5, 0.6) is 5.75 Å². The Morgan fingerprint density at radius 1 is 0.935 bits per heavy atom. The van der Waals surface area contributed by atoms with Crippen molar-refractivity contribution >= 4 is 11.8 Å². The van der Waals surface area contributed by atoms with Crippen LogP contribution in [0.3, 0.4) is 0 Å². The van der Waals surface area contributed by atoms with Crippen molar-refractivity contribution in [3.05, 3.63) is 87.8 Å². The first-order chi connectivity index (χ1) is 14.9. The molecule has 2 unspecified atom stereocenters. The van der Waals surface area contributed by atoms with Crippen LogP contribution in [0.2, 0.25) is 0 Å². The Bertz CT molecular complexity index is 1080. The van der Waals surface area contributed by atoms with Gasteiger partial charge in [-0.1, -0.05) is 42.0 Å². The standard InChI is InChI=1S/C26H27NO4/c1-15-5-7-18(8-6-15)24-23(26(29)31-4)16(2)27-21-13-19(14-22(28)25(21)24)17-9-11-20(30-3)12-10-17/h5-12,19,24,27H,13-14H2,1-4H3. The zero-order valence-corrected chi connectivity index (χ0v) is 18.3. The van der Waals surface area contributed by atoms with Gasteiger partial charge in [0.15, 0.2) is 5.78 Å². The lowest BCUT2D eigenvalue weighted by atomic mass is 9.71. The molecule has 0 aromatic heterocycles. The molecule has 0 amide bonds. The molecule has 1 N–H and O–H groups in total. The van der Waals surface area contributed by atoms with Crippen molar-refractivity contribution in [1.82, 2.24) is 5.32 Å². The van der Waals surface area contributed by atoms with Gasteiger partial charge in [0.2, 0.25) is 0 Å². The van der Waals surface area contributed by atoms with Gasteiger partial charge in [-0.2, -0.15) is 0 Å². The fraction of sp³-hybridized carbons (Fsp3) is 0.308. The maximum atomic E-state index is 13.5. The summed E-state index contributed by atoms with van der Waals surface area (Å²) in [6.07, 6.45) is 1.12. The molecule has 0 bridgehead atoms. The van der Waals surface area contributed by atoms with Crippen LogP contribution in [-0.2, 0) is 14.3 Å². The van der Waals surface area contributed by atoms with Crippen LogP contribution in [-0.4, -0.2) is 26.0 Å². The normalized spacial score (nSPS) is 20.8. The second kappa shape index (κ2) is 8.42. The van der Waals surface area contributed by atoms with Gasteiger partial charge < -0.3 is 14.8 Å². The quantitative estimate of drug-likeness (QED) is 0.740. The van der Waals surface area contributed by atoms with E-state index >= 15 is 0 Å². The number of dihydropyridines is 1. The summed E-state index contributed by atoms with van der Waals surface area (Å²) in [5.41, 5.74) is 5.97. The van der Waals surface area contributed by atoms with E-state index in [9.17, 15) is 9.59 Å². The maximum absolute atomic E-state index is 13.5. The molecule has 2 aromatic rings. The van der Waals surface area contributed by atoms with Crippen molar-refractivity contribution in [2.24, 2.45) is 0 Å². The minimum absolute atomic E-state index is 0.0639. The summed E-state index contributed by atoms with van der Waals surface area (Å²) in [5, 5.41) is 3.36. The molecule has 2 aromatic carbocycles. The van der Waals surface area contributed by atoms with Crippen molar-refractivity contribution in [3.63, 3.8) is 0 Å². The third-order valence-corrected chi connectivity index (χ3v) is 6.23. The molecule has 160 valence electrons. The molecule has 0 saturated carbocycles. The number of Topliss-reactive ketones (excluding diaryl/α,β-unsaturated/α-hetero) is 1. The summed E-state index contributed by atoms with van der Waals surface area (Å²) < 4.78 is 10.3. The number of hydrogen-bond donors (Lipinski definition) is 1. The molecule has 1 aliphatic heterocycles. The molecule has 2 aliphatic rings. The minimum atomic E-state index is -0.423. The van der Waals surface area contributed by atoms with Crippen molar-refractivity contribution in [2.75, 3.05) is 14.2 Å². The van der Waals surface area contributed by atoms with Gasteiger partial charge in [0.05, 0.1) is 19.8 Å². The van der Waals surface area contributed by atoms with Crippen LogP contribution >= 0.6 is 0 Å². The highest BCUT2D eigenvalue weighted by Crippen LogP contribution is 2.45. The number of methoxy groups -OCH3 is 2. The monoisotopic (exact) mass is 417 g/mol. The van der Waals surface area contributed by atoms with Crippen molar-refractivity contribution in [1.29, 1.82) is 0 Å². The molecule has 0 radical (unpaired) electrons. The Morgan fingerprint density at radius 3 is 2.19 bits per heavy atom. The highest BCUT2D eigenvalue weighted by atomic mass is 16.5. The Balaban J connectivity index is 1.76. The summed E-state index contributed by atoms with van der Waals surface area (Å²) in [4.78, 5) is 26.1. The van der Waals surface area contributed by atoms with E-state index in [1.807, 2.05) is 62.4 Å². The minimum Gasteiger partial charge on any atom is -0.497 e. The van der Waals surface area contributed by atoms with E-state index in [1.165, 1.54) is 7.11 Å². The third-order valence-electron chi connectivity index (χ3n) is 6.23. The van der Waals surface area contributed by atoms with Crippen LogP contribution < -0.4 is 10.1 Å². The molecule has 2 atom stereocenters. The molecule has 4 rings (SSSR count). The number of benzene rings is 2. The predicted octanol–water partition coefficient (Wildman–Crippen LogP) is 4.54. The van der Waals surface area contributed by atoms with Crippen molar-refractivity contribution in [3.8, 4) is 5.75 Å². The van der Waals surface area contributed by atoms with Gasteiger partial charge in [-0.3, -0.25) is 4.79 Å². The van der Waals surface area contributed by atoms with E-state index in [2.05, 4.69) is 5.32 Å². The molecule has 0 fully saturated rings. The summed E-state index contributed by atoms with van der Waals surface area (Å²) in [5.74, 6) is 0.105. The Hall–Kier alpha value is -3.34. The van der Waals surface area contributed by atoms with Crippen LogP contribution in [0.1, 0.15) is 48.3 Å². The molecule has 1 heterocycles. The van der Waals surface area contributed by atoms with Crippen LogP contribution in [0.25, 0.3) is 0 Å². The number of allylic oxidation sites excluding steroid dienone is 3. The zero-order valence-electron chi connectivity index (χ0n) is 18.3. The van der Waals surface area contributed by atoms with Gasteiger partial charge >= 0.3 is 5.97 Å². The molecule has 31 heavy (non-hydrogen) atoms. The van der Waals surface area contributed by atoms with Gasteiger partial charge in [-0.25, -0.2) is 4.79 Å². The lowest BCUT2D eigenvalue weighted by Crippen LogP contribution is -2.36. The topological polar surface area (TPSA) is 64.6 Å². The molecular weight excluding hydrogens is 390 g/mol. The van der Waals surface area contributed by atoms with E-state index in [1.54, 1.807) is 7.11 Å². The Kier molecular flexibility index (Phi) is 5.68. The number of nitrogens with one attached hydrogen (secondary N) is 1. The van der Waals surface area contributed by atoms with Crippen LogP contribution in [0, 0.1) is 6.92 Å². The summed E-state index contributed by atoms with van der Waals surface area (Å²) in [7, 11) is 3.02. The van der Waals surface area contributed by atoms with Gasteiger partial charge in [0, 0.05) is 29.3 Å². The number of aryl methyl sites for hydroxylation is 1. The molecule has 5 heteroatoms. The van der Waals surface area contributed by atoms with Gasteiger partial charge in [0.25, 0.3) is 0 Å². The summed E-state index contributed by atoms with van der Waals surface area (Å²) in [6, 6.07) is 15.9. The number of esters is 1. The fourth-order valence-electron chi connectivity index (χ4n) is 4.62. The predicted molar refractivity (Wildman–Crippen MR) is 119 cm³/mol. The molecule has 0 saturated heterocycles. The number of rotatable bonds is 4.